The summed E-state index contributed by atoms with van der Waals surface area (Å²) in [5.74, 6) is 2.00. The molecule has 1 fully saturated rings. The van der Waals surface area contributed by atoms with E-state index < -0.39 is 0 Å². The van der Waals surface area contributed by atoms with E-state index in [1.807, 2.05) is 0 Å². The smallest absolute Gasteiger partial charge is 0.143 e. The van der Waals surface area contributed by atoms with Crippen molar-refractivity contribution in [3.8, 4) is 0 Å². The Balaban J connectivity index is 2.41. The average Bonchev–Trinajstić information content (AvgIpc) is 2.93. The maximum Gasteiger partial charge on any atom is 0.143 e. The van der Waals surface area contributed by atoms with E-state index in [9.17, 15) is 0 Å². The number of nitrogens with zero attached hydrogens (tertiary/aromatic N) is 2. The van der Waals surface area contributed by atoms with Crippen molar-refractivity contribution in [1.29, 1.82) is 0 Å². The lowest BCUT2D eigenvalue weighted by atomic mass is 10.1. The molecule has 0 bridgehead atoms. The monoisotopic (exact) mass is 317 g/mol. The van der Waals surface area contributed by atoms with Gasteiger partial charge in [0.15, 0.2) is 0 Å². The number of hydrogen-bond acceptors (Lipinski definition) is 3. The molecule has 1 saturated carbocycles. The van der Waals surface area contributed by atoms with Gasteiger partial charge in [0.1, 0.15) is 11.6 Å². The predicted octanol–water partition coefficient (Wildman–Crippen LogP) is 2.87. The molecule has 4 heteroatoms. The van der Waals surface area contributed by atoms with Crippen molar-refractivity contribution < 1.29 is 0 Å². The van der Waals surface area contributed by atoms with Crippen LogP contribution in [0.4, 0.5) is 5.82 Å². The van der Waals surface area contributed by atoms with Gasteiger partial charge in [0.05, 0.1) is 9.26 Å². The lowest BCUT2D eigenvalue weighted by Crippen LogP contribution is -2.13. The first kappa shape index (κ1) is 11.1. The zero-order valence-electron chi connectivity index (χ0n) is 9.39. The van der Waals surface area contributed by atoms with Gasteiger partial charge in [-0.15, -0.1) is 0 Å². The minimum atomic E-state index is 0.249. The van der Waals surface area contributed by atoms with E-state index in [1.165, 1.54) is 12.8 Å². The molecule has 0 aliphatic heterocycles. The normalized spacial score (nSPS) is 17.6. The van der Waals surface area contributed by atoms with Gasteiger partial charge in [0, 0.05) is 12.0 Å². The molecule has 1 aliphatic rings. The van der Waals surface area contributed by atoms with Crippen molar-refractivity contribution in [3.05, 3.63) is 15.1 Å². The molecule has 1 N–H and O–H groups in total. The third kappa shape index (κ3) is 2.09. The molecule has 0 amide bonds. The fourth-order valence-electron chi connectivity index (χ4n) is 1.52. The quantitative estimate of drug-likeness (QED) is 0.871. The summed E-state index contributed by atoms with van der Waals surface area (Å²) in [5, 5.41) is 3.30. The van der Waals surface area contributed by atoms with Gasteiger partial charge < -0.3 is 5.32 Å². The van der Waals surface area contributed by atoms with Gasteiger partial charge in [-0.05, 0) is 49.3 Å². The highest BCUT2D eigenvalue weighted by molar-refractivity contribution is 14.1. The van der Waals surface area contributed by atoms with Crippen LogP contribution in [0.2, 0.25) is 0 Å². The Morgan fingerprint density at radius 3 is 2.60 bits per heavy atom. The molecule has 0 radical (unpaired) electrons. The fourth-order valence-corrected chi connectivity index (χ4v) is 1.96. The van der Waals surface area contributed by atoms with Gasteiger partial charge in [-0.1, -0.05) is 6.92 Å². The van der Waals surface area contributed by atoms with Crippen LogP contribution in [0.15, 0.2) is 0 Å². The summed E-state index contributed by atoms with van der Waals surface area (Å²) >= 11 is 2.31. The minimum absolute atomic E-state index is 0.249. The van der Waals surface area contributed by atoms with E-state index >= 15 is 0 Å². The van der Waals surface area contributed by atoms with Crippen LogP contribution in [0.25, 0.3) is 0 Å². The van der Waals surface area contributed by atoms with Crippen molar-refractivity contribution in [3.63, 3.8) is 0 Å². The molecule has 0 saturated heterocycles. The molecule has 3 nitrogen and oxygen atoms in total. The predicted molar refractivity (Wildman–Crippen MR) is 70.2 cm³/mol. The van der Waals surface area contributed by atoms with E-state index in [-0.39, 0.29) is 5.41 Å². The van der Waals surface area contributed by atoms with E-state index in [0.717, 1.165) is 27.5 Å². The number of anilines is 1. The molecule has 1 aromatic rings. The van der Waals surface area contributed by atoms with Crippen LogP contribution in [0.1, 0.15) is 38.2 Å². The summed E-state index contributed by atoms with van der Waals surface area (Å²) in [6.45, 7) is 7.29. The third-order valence-electron chi connectivity index (χ3n) is 2.90. The maximum atomic E-state index is 4.63. The Morgan fingerprint density at radius 1 is 1.40 bits per heavy atom. The molecule has 1 aromatic heterocycles. The Kier molecular flexibility index (Phi) is 2.87. The highest BCUT2D eigenvalue weighted by atomic mass is 127. The number of halogens is 1. The first-order chi connectivity index (χ1) is 7.07. The Morgan fingerprint density at radius 2 is 2.07 bits per heavy atom. The van der Waals surface area contributed by atoms with Crippen LogP contribution < -0.4 is 5.32 Å². The van der Waals surface area contributed by atoms with Gasteiger partial charge in [-0.2, -0.15) is 0 Å². The van der Waals surface area contributed by atoms with Gasteiger partial charge in [0.2, 0.25) is 0 Å². The molecule has 2 rings (SSSR count). The molecule has 0 atom stereocenters. The van der Waals surface area contributed by atoms with Crippen molar-refractivity contribution in [1.82, 2.24) is 9.97 Å². The number of rotatable bonds is 3. The topological polar surface area (TPSA) is 37.8 Å². The summed E-state index contributed by atoms with van der Waals surface area (Å²) < 4.78 is 1.14. The molecule has 0 aromatic carbocycles. The molecule has 15 heavy (non-hydrogen) atoms. The Labute approximate surface area is 104 Å². The van der Waals surface area contributed by atoms with E-state index in [1.54, 1.807) is 0 Å². The lowest BCUT2D eigenvalue weighted by molar-refractivity contribution is 0.702. The van der Waals surface area contributed by atoms with Crippen LogP contribution in [-0.2, 0) is 5.41 Å². The zero-order chi connectivity index (χ0) is 11.1. The number of nitrogens with one attached hydrogen (secondary N) is 1. The number of hydrogen-bond donors (Lipinski definition) is 1. The summed E-state index contributed by atoms with van der Waals surface area (Å²) in [6.07, 6.45) is 2.44. The van der Waals surface area contributed by atoms with Crippen molar-refractivity contribution in [2.24, 2.45) is 0 Å². The Hall–Kier alpha value is -0.390. The molecule has 0 spiro atoms. The van der Waals surface area contributed by atoms with E-state index in [0.29, 0.717) is 0 Å². The molecule has 1 aliphatic carbocycles. The molecular formula is C11H16IN3. The molecule has 82 valence electrons. The maximum absolute atomic E-state index is 4.63. The molecule has 0 unspecified atom stereocenters. The average molecular weight is 317 g/mol. The summed E-state index contributed by atoms with van der Waals surface area (Å²) in [6, 6.07) is 0. The SMILES string of the molecule is CCNc1nc(C2(C)CC2)nc(C)c1I. The van der Waals surface area contributed by atoms with Crippen LogP contribution in [0.3, 0.4) is 0 Å². The second kappa shape index (κ2) is 3.88. The van der Waals surface area contributed by atoms with Gasteiger partial charge in [-0.25, -0.2) is 9.97 Å². The van der Waals surface area contributed by atoms with Crippen molar-refractivity contribution in [2.75, 3.05) is 11.9 Å². The minimum Gasteiger partial charge on any atom is -0.369 e. The van der Waals surface area contributed by atoms with E-state index in [4.69, 9.17) is 0 Å². The number of aryl methyl sites for hydroxylation is 1. The van der Waals surface area contributed by atoms with Gasteiger partial charge in [-0.3, -0.25) is 0 Å². The van der Waals surface area contributed by atoms with Crippen LogP contribution in [0.5, 0.6) is 0 Å². The summed E-state index contributed by atoms with van der Waals surface area (Å²) in [7, 11) is 0. The van der Waals surface area contributed by atoms with Crippen molar-refractivity contribution >= 4 is 28.4 Å². The lowest BCUT2D eigenvalue weighted by Gasteiger charge is -2.13. The number of aromatic nitrogens is 2. The largest absolute Gasteiger partial charge is 0.369 e. The van der Waals surface area contributed by atoms with Gasteiger partial charge >= 0.3 is 0 Å². The third-order valence-corrected chi connectivity index (χ3v) is 4.19. The molecular weight excluding hydrogens is 301 g/mol. The molecule has 1 heterocycles. The van der Waals surface area contributed by atoms with Crippen LogP contribution in [-0.4, -0.2) is 16.5 Å². The summed E-state index contributed by atoms with van der Waals surface area (Å²) in [5.41, 5.74) is 1.34. The second-order valence-corrected chi connectivity index (χ2v) is 5.46. The first-order valence-electron chi connectivity index (χ1n) is 5.35. The highest BCUT2D eigenvalue weighted by Gasteiger charge is 2.42. The standard InChI is InChI=1S/C11H16IN3/c1-4-13-9-8(12)7(2)14-10(15-9)11(3)5-6-11/h4-6H2,1-3H3,(H,13,14,15). The first-order valence-corrected chi connectivity index (χ1v) is 6.43. The van der Waals surface area contributed by atoms with Crippen LogP contribution >= 0.6 is 22.6 Å². The summed E-state index contributed by atoms with van der Waals surface area (Å²) in [4.78, 5) is 9.22. The highest BCUT2D eigenvalue weighted by Crippen LogP contribution is 2.46. The fraction of sp³-hybridized carbons (Fsp3) is 0.636. The van der Waals surface area contributed by atoms with E-state index in [2.05, 4.69) is 58.6 Å². The Bertz CT molecular complexity index is 386. The second-order valence-electron chi connectivity index (χ2n) is 4.39. The zero-order valence-corrected chi connectivity index (χ0v) is 11.6. The van der Waals surface area contributed by atoms with Gasteiger partial charge in [0.25, 0.3) is 0 Å². The van der Waals surface area contributed by atoms with Crippen LogP contribution in [0, 0.1) is 10.5 Å². The van der Waals surface area contributed by atoms with Crippen molar-refractivity contribution in [2.45, 2.75) is 39.0 Å².